The van der Waals surface area contributed by atoms with Gasteiger partial charge in [0.05, 0.1) is 6.04 Å². The van der Waals surface area contributed by atoms with E-state index in [1.165, 1.54) is 0 Å². The van der Waals surface area contributed by atoms with Crippen molar-refractivity contribution < 1.29 is 4.79 Å². The number of imidazole rings is 1. The molecule has 33 heavy (non-hydrogen) atoms. The van der Waals surface area contributed by atoms with Crippen molar-refractivity contribution in [1.29, 1.82) is 0 Å². The summed E-state index contributed by atoms with van der Waals surface area (Å²) in [6, 6.07) is 25.2. The maximum absolute atomic E-state index is 13.7. The lowest BCUT2D eigenvalue weighted by molar-refractivity contribution is 0.0931. The Bertz CT molecular complexity index is 1250. The Hall–Kier alpha value is -3.57. The number of rotatable bonds is 7. The Morgan fingerprint density at radius 3 is 2.36 bits per heavy atom. The molecule has 1 unspecified atom stereocenters. The molecule has 1 heterocycles. The Labute approximate surface area is 199 Å². The largest absolute Gasteiger partial charge is 0.388 e. The standard InChI is InChI=1S/C27H27ClN4O/c1-4-32-25(27(33)30-18(2)19-13-15-22(28)16-14-19)24(21-11-8-12-23(17-21)29-3)31-26(32)20-9-6-5-7-10-20/h5-18,29H,4H2,1-3H3,(H,30,33). The minimum Gasteiger partial charge on any atom is -0.388 e. The summed E-state index contributed by atoms with van der Waals surface area (Å²) in [6.07, 6.45) is 0. The quantitative estimate of drug-likeness (QED) is 0.336. The first-order valence-electron chi connectivity index (χ1n) is 11.0. The van der Waals surface area contributed by atoms with Crippen LogP contribution in [0, 0.1) is 0 Å². The molecule has 0 aliphatic heterocycles. The van der Waals surface area contributed by atoms with E-state index >= 15 is 0 Å². The number of nitrogens with zero attached hydrogens (tertiary/aromatic N) is 2. The molecule has 0 fully saturated rings. The number of carbonyl (C=O) groups is 1. The van der Waals surface area contributed by atoms with Crippen molar-refractivity contribution in [3.05, 3.63) is 95.1 Å². The van der Waals surface area contributed by atoms with E-state index in [4.69, 9.17) is 16.6 Å². The summed E-state index contributed by atoms with van der Waals surface area (Å²) in [5.41, 5.74) is 5.00. The summed E-state index contributed by atoms with van der Waals surface area (Å²) in [4.78, 5) is 18.6. The summed E-state index contributed by atoms with van der Waals surface area (Å²) >= 11 is 6.03. The van der Waals surface area contributed by atoms with Crippen molar-refractivity contribution >= 4 is 23.2 Å². The van der Waals surface area contributed by atoms with Gasteiger partial charge in [-0.25, -0.2) is 4.98 Å². The molecule has 6 heteroatoms. The van der Waals surface area contributed by atoms with Crippen LogP contribution < -0.4 is 10.6 Å². The van der Waals surface area contributed by atoms with Gasteiger partial charge in [-0.3, -0.25) is 4.79 Å². The molecule has 168 valence electrons. The average Bonchev–Trinajstić information content (AvgIpc) is 3.25. The summed E-state index contributed by atoms with van der Waals surface area (Å²) in [7, 11) is 1.88. The summed E-state index contributed by atoms with van der Waals surface area (Å²) < 4.78 is 1.99. The minimum atomic E-state index is -0.188. The molecule has 0 spiro atoms. The Balaban J connectivity index is 1.81. The maximum Gasteiger partial charge on any atom is 0.270 e. The second kappa shape index (κ2) is 9.92. The van der Waals surface area contributed by atoms with Gasteiger partial charge in [-0.2, -0.15) is 0 Å². The SMILES string of the molecule is CCn1c(-c2ccccc2)nc(-c2cccc(NC)c2)c1C(=O)NC(C)c1ccc(Cl)cc1. The van der Waals surface area contributed by atoms with Gasteiger partial charge < -0.3 is 15.2 Å². The second-order valence-corrected chi connectivity index (χ2v) is 8.26. The predicted molar refractivity (Wildman–Crippen MR) is 136 cm³/mol. The minimum absolute atomic E-state index is 0.168. The molecular weight excluding hydrogens is 432 g/mol. The van der Waals surface area contributed by atoms with Gasteiger partial charge in [-0.1, -0.05) is 66.2 Å². The van der Waals surface area contributed by atoms with Gasteiger partial charge in [0.1, 0.15) is 17.2 Å². The van der Waals surface area contributed by atoms with Crippen LogP contribution in [-0.4, -0.2) is 22.5 Å². The number of aromatic nitrogens is 2. The molecule has 0 saturated carbocycles. The molecule has 1 aromatic heterocycles. The fourth-order valence-electron chi connectivity index (χ4n) is 3.92. The number of benzene rings is 3. The van der Waals surface area contributed by atoms with Crippen molar-refractivity contribution in [2.24, 2.45) is 0 Å². The van der Waals surface area contributed by atoms with Crippen molar-refractivity contribution in [2.75, 3.05) is 12.4 Å². The normalized spacial score (nSPS) is 11.8. The molecule has 1 atom stereocenters. The zero-order valence-corrected chi connectivity index (χ0v) is 19.7. The maximum atomic E-state index is 13.7. The zero-order chi connectivity index (χ0) is 23.4. The highest BCUT2D eigenvalue weighted by molar-refractivity contribution is 6.30. The van der Waals surface area contributed by atoms with Gasteiger partial charge in [-0.05, 0) is 43.7 Å². The lowest BCUT2D eigenvalue weighted by Gasteiger charge is -2.17. The van der Waals surface area contributed by atoms with Gasteiger partial charge in [0.25, 0.3) is 5.91 Å². The lowest BCUT2D eigenvalue weighted by Crippen LogP contribution is -2.29. The molecule has 0 aliphatic carbocycles. The monoisotopic (exact) mass is 458 g/mol. The van der Waals surface area contributed by atoms with Crippen LogP contribution in [0.5, 0.6) is 0 Å². The van der Waals surface area contributed by atoms with Gasteiger partial charge in [0.2, 0.25) is 0 Å². The van der Waals surface area contributed by atoms with E-state index in [0.29, 0.717) is 23.0 Å². The van der Waals surface area contributed by atoms with Crippen LogP contribution in [0.25, 0.3) is 22.6 Å². The van der Waals surface area contributed by atoms with E-state index in [0.717, 1.165) is 28.2 Å². The van der Waals surface area contributed by atoms with E-state index in [1.807, 2.05) is 104 Å². The molecule has 4 aromatic rings. The first kappa shape index (κ1) is 22.6. The van der Waals surface area contributed by atoms with Crippen LogP contribution >= 0.6 is 11.6 Å². The van der Waals surface area contributed by atoms with Crippen LogP contribution in [0.1, 0.15) is 35.9 Å². The highest BCUT2D eigenvalue weighted by Gasteiger charge is 2.25. The Kier molecular flexibility index (Phi) is 6.80. The third kappa shape index (κ3) is 4.78. The number of hydrogen-bond acceptors (Lipinski definition) is 3. The molecule has 0 saturated heterocycles. The van der Waals surface area contributed by atoms with Crippen molar-refractivity contribution in [3.63, 3.8) is 0 Å². The molecular formula is C27H27ClN4O. The fourth-order valence-corrected chi connectivity index (χ4v) is 4.05. The van der Waals surface area contributed by atoms with Gasteiger partial charge in [-0.15, -0.1) is 0 Å². The zero-order valence-electron chi connectivity index (χ0n) is 19.0. The van der Waals surface area contributed by atoms with E-state index in [-0.39, 0.29) is 11.9 Å². The molecule has 2 N–H and O–H groups in total. The Morgan fingerprint density at radius 2 is 1.70 bits per heavy atom. The number of amides is 1. The Morgan fingerprint density at radius 1 is 1.00 bits per heavy atom. The lowest BCUT2D eigenvalue weighted by atomic mass is 10.1. The van der Waals surface area contributed by atoms with Crippen molar-refractivity contribution in [3.8, 4) is 22.6 Å². The topological polar surface area (TPSA) is 59.0 Å². The number of nitrogens with one attached hydrogen (secondary N) is 2. The molecule has 0 aliphatic rings. The fraction of sp³-hybridized carbons (Fsp3) is 0.185. The van der Waals surface area contributed by atoms with Gasteiger partial charge >= 0.3 is 0 Å². The van der Waals surface area contributed by atoms with Crippen LogP contribution in [0.15, 0.2) is 78.9 Å². The van der Waals surface area contributed by atoms with Gasteiger partial charge in [0, 0.05) is 35.4 Å². The number of hydrogen-bond donors (Lipinski definition) is 2. The first-order chi connectivity index (χ1) is 16.0. The molecule has 1 amide bonds. The molecule has 3 aromatic carbocycles. The predicted octanol–water partition coefficient (Wildman–Crippen LogP) is 6.42. The highest BCUT2D eigenvalue weighted by atomic mass is 35.5. The van der Waals surface area contributed by atoms with Crippen molar-refractivity contribution in [2.45, 2.75) is 26.4 Å². The third-order valence-electron chi connectivity index (χ3n) is 5.67. The average molecular weight is 459 g/mol. The first-order valence-corrected chi connectivity index (χ1v) is 11.4. The van der Waals surface area contributed by atoms with E-state index in [9.17, 15) is 4.79 Å². The van der Waals surface area contributed by atoms with E-state index in [2.05, 4.69) is 10.6 Å². The van der Waals surface area contributed by atoms with Gasteiger partial charge in [0.15, 0.2) is 0 Å². The summed E-state index contributed by atoms with van der Waals surface area (Å²) in [5.74, 6) is 0.603. The molecule has 0 radical (unpaired) electrons. The van der Waals surface area contributed by atoms with E-state index in [1.54, 1.807) is 0 Å². The molecule has 4 rings (SSSR count). The highest BCUT2D eigenvalue weighted by Crippen LogP contribution is 2.31. The van der Waals surface area contributed by atoms with Crippen molar-refractivity contribution in [1.82, 2.24) is 14.9 Å². The number of anilines is 1. The van der Waals surface area contributed by atoms with Crippen LogP contribution in [0.2, 0.25) is 5.02 Å². The molecule has 0 bridgehead atoms. The van der Waals surface area contributed by atoms with Crippen LogP contribution in [-0.2, 0) is 6.54 Å². The smallest absolute Gasteiger partial charge is 0.270 e. The van der Waals surface area contributed by atoms with Crippen LogP contribution in [0.4, 0.5) is 5.69 Å². The second-order valence-electron chi connectivity index (χ2n) is 7.82. The number of carbonyl (C=O) groups excluding carboxylic acids is 1. The molecule has 5 nitrogen and oxygen atoms in total. The third-order valence-corrected chi connectivity index (χ3v) is 5.93. The van der Waals surface area contributed by atoms with E-state index < -0.39 is 0 Å². The van der Waals surface area contributed by atoms with Crippen LogP contribution in [0.3, 0.4) is 0 Å². The summed E-state index contributed by atoms with van der Waals surface area (Å²) in [5, 5.41) is 6.98. The number of halogens is 1. The summed E-state index contributed by atoms with van der Waals surface area (Å²) in [6.45, 7) is 4.61.